The Hall–Kier alpha value is -0.360. The van der Waals surface area contributed by atoms with Gasteiger partial charge in [0.15, 0.2) is 0 Å². The lowest BCUT2D eigenvalue weighted by molar-refractivity contribution is -0.210. The normalized spacial score (nSPS) is 32.4. The second-order valence-corrected chi connectivity index (χ2v) is 7.08. The van der Waals surface area contributed by atoms with Crippen LogP contribution in [0, 0.1) is 5.41 Å². The summed E-state index contributed by atoms with van der Waals surface area (Å²) >= 11 is 0. The minimum absolute atomic E-state index is 0. The molecule has 0 radical (unpaired) electrons. The van der Waals surface area contributed by atoms with Crippen LogP contribution in [0.1, 0.15) is 51.9 Å². The average Bonchev–Trinajstić information content (AvgIpc) is 2.94. The van der Waals surface area contributed by atoms with E-state index in [0.717, 1.165) is 44.9 Å². The molecule has 6 heteroatoms. The number of amides is 1. The van der Waals surface area contributed by atoms with Gasteiger partial charge in [0.1, 0.15) is 0 Å². The molecule has 1 saturated heterocycles. The SMILES string of the molecule is CCOC1CC(O)C12CCN(C(=O)C1(N)CCCC1)CC2.Cl. The standard InChI is InChI=1S/C16H28N2O3.ClH/c1-2-21-13-11-12(19)15(13)7-9-18(10-8-15)14(20)16(17)5-3-4-6-16;/h12-13,19H,2-11,17H2,1H3;1H. The number of carbonyl (C=O) groups is 1. The van der Waals surface area contributed by atoms with Gasteiger partial charge >= 0.3 is 0 Å². The summed E-state index contributed by atoms with van der Waals surface area (Å²) in [5.41, 5.74) is 5.54. The number of likely N-dealkylation sites (tertiary alicyclic amines) is 1. The molecule has 1 heterocycles. The minimum Gasteiger partial charge on any atom is -0.392 e. The van der Waals surface area contributed by atoms with Gasteiger partial charge in [0.2, 0.25) is 5.91 Å². The molecule has 1 amide bonds. The quantitative estimate of drug-likeness (QED) is 0.820. The number of nitrogens with zero attached hydrogens (tertiary/aromatic N) is 1. The molecule has 3 N–H and O–H groups in total. The van der Waals surface area contributed by atoms with Gasteiger partial charge in [-0.1, -0.05) is 12.8 Å². The number of hydrogen-bond donors (Lipinski definition) is 2. The fraction of sp³-hybridized carbons (Fsp3) is 0.938. The van der Waals surface area contributed by atoms with Gasteiger partial charge in [0.05, 0.1) is 17.7 Å². The van der Waals surface area contributed by atoms with E-state index < -0.39 is 5.54 Å². The summed E-state index contributed by atoms with van der Waals surface area (Å²) in [6, 6.07) is 0. The van der Waals surface area contributed by atoms with Gasteiger partial charge in [0.25, 0.3) is 0 Å². The maximum Gasteiger partial charge on any atom is 0.242 e. The van der Waals surface area contributed by atoms with Gasteiger partial charge in [-0.15, -0.1) is 12.4 Å². The summed E-state index contributed by atoms with van der Waals surface area (Å²) < 4.78 is 5.77. The molecular weight excluding hydrogens is 304 g/mol. The number of rotatable bonds is 3. The predicted molar refractivity (Wildman–Crippen MR) is 86.9 cm³/mol. The van der Waals surface area contributed by atoms with Crippen LogP contribution < -0.4 is 5.73 Å². The van der Waals surface area contributed by atoms with Crippen molar-refractivity contribution in [1.82, 2.24) is 4.90 Å². The largest absolute Gasteiger partial charge is 0.392 e. The van der Waals surface area contributed by atoms with Crippen molar-refractivity contribution in [2.75, 3.05) is 19.7 Å². The van der Waals surface area contributed by atoms with Crippen LogP contribution >= 0.6 is 12.4 Å². The highest BCUT2D eigenvalue weighted by Crippen LogP contribution is 2.51. The number of carbonyl (C=O) groups excluding carboxylic acids is 1. The number of halogens is 1. The summed E-state index contributed by atoms with van der Waals surface area (Å²) in [5, 5.41) is 10.2. The lowest BCUT2D eigenvalue weighted by Crippen LogP contribution is -2.64. The molecule has 3 aliphatic rings. The van der Waals surface area contributed by atoms with E-state index in [9.17, 15) is 9.90 Å². The number of ether oxygens (including phenoxy) is 1. The van der Waals surface area contributed by atoms with Gasteiger partial charge < -0.3 is 20.5 Å². The topological polar surface area (TPSA) is 75.8 Å². The van der Waals surface area contributed by atoms with Crippen LogP contribution in [0.5, 0.6) is 0 Å². The zero-order chi connectivity index (χ0) is 15.1. The van der Waals surface area contributed by atoms with Crippen molar-refractivity contribution in [3.8, 4) is 0 Å². The van der Waals surface area contributed by atoms with E-state index in [1.807, 2.05) is 11.8 Å². The van der Waals surface area contributed by atoms with Crippen LogP contribution in [0.15, 0.2) is 0 Å². The van der Waals surface area contributed by atoms with E-state index in [0.29, 0.717) is 19.7 Å². The monoisotopic (exact) mass is 332 g/mol. The third kappa shape index (κ3) is 2.77. The first kappa shape index (κ1) is 18.0. The first-order valence-corrected chi connectivity index (χ1v) is 8.40. The molecule has 1 aliphatic heterocycles. The Morgan fingerprint density at radius 1 is 1.27 bits per heavy atom. The van der Waals surface area contributed by atoms with Crippen molar-refractivity contribution in [2.24, 2.45) is 11.1 Å². The maximum absolute atomic E-state index is 12.6. The highest BCUT2D eigenvalue weighted by atomic mass is 35.5. The van der Waals surface area contributed by atoms with Crippen molar-refractivity contribution < 1.29 is 14.6 Å². The minimum atomic E-state index is -0.623. The molecule has 2 atom stereocenters. The number of nitrogens with two attached hydrogens (primary N) is 1. The van der Waals surface area contributed by atoms with Gasteiger partial charge in [-0.2, -0.15) is 0 Å². The number of aliphatic hydroxyl groups is 1. The summed E-state index contributed by atoms with van der Waals surface area (Å²) in [6.45, 7) is 4.10. The third-order valence-electron chi connectivity index (χ3n) is 6.01. The van der Waals surface area contributed by atoms with Gasteiger partial charge in [-0.3, -0.25) is 4.79 Å². The Morgan fingerprint density at radius 2 is 1.86 bits per heavy atom. The second-order valence-electron chi connectivity index (χ2n) is 7.08. The Labute approximate surface area is 139 Å². The van der Waals surface area contributed by atoms with Crippen LogP contribution in [0.3, 0.4) is 0 Å². The maximum atomic E-state index is 12.6. The molecule has 3 rings (SSSR count). The van der Waals surface area contributed by atoms with E-state index in [4.69, 9.17) is 10.5 Å². The van der Waals surface area contributed by atoms with E-state index in [1.165, 1.54) is 0 Å². The molecule has 22 heavy (non-hydrogen) atoms. The molecule has 0 bridgehead atoms. The number of aliphatic hydroxyl groups excluding tert-OH is 1. The van der Waals surface area contributed by atoms with Crippen LogP contribution in [-0.2, 0) is 9.53 Å². The van der Waals surface area contributed by atoms with Crippen molar-refractivity contribution in [3.63, 3.8) is 0 Å². The van der Waals surface area contributed by atoms with Crippen LogP contribution in [-0.4, -0.2) is 53.4 Å². The molecule has 5 nitrogen and oxygen atoms in total. The van der Waals surface area contributed by atoms with E-state index in [-0.39, 0.29) is 35.9 Å². The van der Waals surface area contributed by atoms with E-state index in [2.05, 4.69) is 0 Å². The molecule has 128 valence electrons. The van der Waals surface area contributed by atoms with Crippen LogP contribution in [0.25, 0.3) is 0 Å². The molecule has 2 aliphatic carbocycles. The average molecular weight is 333 g/mol. The third-order valence-corrected chi connectivity index (χ3v) is 6.01. The molecule has 1 spiro atoms. The Morgan fingerprint density at radius 3 is 2.36 bits per heavy atom. The first-order chi connectivity index (χ1) is 10.0. The molecule has 0 aromatic rings. The molecule has 3 fully saturated rings. The summed E-state index contributed by atoms with van der Waals surface area (Å²) in [7, 11) is 0. The number of piperidine rings is 1. The van der Waals surface area contributed by atoms with E-state index >= 15 is 0 Å². The molecule has 2 saturated carbocycles. The molecular formula is C16H29ClN2O3. The van der Waals surface area contributed by atoms with Gasteiger partial charge in [-0.25, -0.2) is 0 Å². The van der Waals surface area contributed by atoms with Gasteiger partial charge in [0, 0.05) is 31.5 Å². The Bertz CT molecular complexity index is 402. The smallest absolute Gasteiger partial charge is 0.242 e. The Balaban J connectivity index is 0.00000176. The lowest BCUT2D eigenvalue weighted by atomic mass is 9.58. The first-order valence-electron chi connectivity index (χ1n) is 8.40. The highest BCUT2D eigenvalue weighted by molar-refractivity contribution is 5.86. The van der Waals surface area contributed by atoms with Crippen LogP contribution in [0.4, 0.5) is 0 Å². The number of hydrogen-bond acceptors (Lipinski definition) is 4. The zero-order valence-corrected chi connectivity index (χ0v) is 14.2. The zero-order valence-electron chi connectivity index (χ0n) is 13.4. The fourth-order valence-corrected chi connectivity index (χ4v) is 4.48. The van der Waals surface area contributed by atoms with Crippen molar-refractivity contribution in [2.45, 2.75) is 69.6 Å². The lowest BCUT2D eigenvalue weighted by Gasteiger charge is -2.57. The van der Waals surface area contributed by atoms with Gasteiger partial charge in [-0.05, 0) is 32.6 Å². The summed E-state index contributed by atoms with van der Waals surface area (Å²) in [6.07, 6.45) is 6.05. The molecule has 0 aromatic heterocycles. The summed E-state index contributed by atoms with van der Waals surface area (Å²) in [5.74, 6) is 0.122. The van der Waals surface area contributed by atoms with Crippen molar-refractivity contribution in [3.05, 3.63) is 0 Å². The second kappa shape index (κ2) is 6.63. The fourth-order valence-electron chi connectivity index (χ4n) is 4.48. The van der Waals surface area contributed by atoms with Crippen LogP contribution in [0.2, 0.25) is 0 Å². The summed E-state index contributed by atoms with van der Waals surface area (Å²) in [4.78, 5) is 14.6. The van der Waals surface area contributed by atoms with Crippen molar-refractivity contribution in [1.29, 1.82) is 0 Å². The molecule has 2 unspecified atom stereocenters. The highest BCUT2D eigenvalue weighted by Gasteiger charge is 2.57. The van der Waals surface area contributed by atoms with E-state index in [1.54, 1.807) is 0 Å². The molecule has 0 aromatic carbocycles. The predicted octanol–water partition coefficient (Wildman–Crippen LogP) is 1.46. The Kier molecular flexibility index (Phi) is 5.42. The van der Waals surface area contributed by atoms with Crippen molar-refractivity contribution >= 4 is 18.3 Å².